The number of carboxylic acids is 4. The van der Waals surface area contributed by atoms with Gasteiger partial charge in [0.05, 0.1) is 12.1 Å². The normalized spacial score (nSPS) is 13.8. The highest BCUT2D eigenvalue weighted by Crippen LogP contribution is 2.06. The van der Waals surface area contributed by atoms with Crippen molar-refractivity contribution in [2.24, 2.45) is 5.73 Å². The molecular formula is C21H32N4O12. The standard InChI is InChI=1S/C21H32N4O12/c1-10(26)12(3-7-16(29)30)23-20(36)14(5-9-18(33)34)25-21(37)13(4-8-17(31)32)24-19(35)11(22)2-6-15(27)28/h11-14H,2-9,22H2,1H3,(H,23,36)(H,24,35)(H,25,37)(H,27,28)(H,29,30)(H,31,32)(H,33,34)/t11-,12?,13?,14-/m0/s1. The lowest BCUT2D eigenvalue weighted by molar-refractivity contribution is -0.140. The Morgan fingerprint density at radius 1 is 0.541 bits per heavy atom. The highest BCUT2D eigenvalue weighted by atomic mass is 16.4. The van der Waals surface area contributed by atoms with E-state index in [4.69, 9.17) is 26.2 Å². The average molecular weight is 533 g/mol. The largest absolute Gasteiger partial charge is 0.481 e. The minimum atomic E-state index is -1.54. The summed E-state index contributed by atoms with van der Waals surface area (Å²) < 4.78 is 0. The van der Waals surface area contributed by atoms with Crippen LogP contribution in [0.15, 0.2) is 0 Å². The Kier molecular flexibility index (Phi) is 14.7. The lowest BCUT2D eigenvalue weighted by atomic mass is 10.0. The van der Waals surface area contributed by atoms with Crippen LogP contribution in [0.5, 0.6) is 0 Å². The van der Waals surface area contributed by atoms with Crippen molar-refractivity contribution in [3.63, 3.8) is 0 Å². The van der Waals surface area contributed by atoms with Gasteiger partial charge in [-0.2, -0.15) is 0 Å². The van der Waals surface area contributed by atoms with E-state index >= 15 is 0 Å². The van der Waals surface area contributed by atoms with Crippen molar-refractivity contribution in [2.75, 3.05) is 0 Å². The molecule has 0 fully saturated rings. The van der Waals surface area contributed by atoms with Crippen LogP contribution in [-0.4, -0.2) is 92.0 Å². The highest BCUT2D eigenvalue weighted by Gasteiger charge is 2.30. The van der Waals surface area contributed by atoms with Crippen molar-refractivity contribution < 1.29 is 58.8 Å². The fraction of sp³-hybridized carbons (Fsp3) is 0.619. The van der Waals surface area contributed by atoms with Gasteiger partial charge in [0, 0.05) is 25.7 Å². The molecule has 208 valence electrons. The molecule has 2 unspecified atom stereocenters. The van der Waals surface area contributed by atoms with Gasteiger partial charge in [0.15, 0.2) is 5.78 Å². The molecule has 0 heterocycles. The fourth-order valence-electron chi connectivity index (χ4n) is 2.95. The third kappa shape index (κ3) is 14.8. The number of carbonyl (C=O) groups is 8. The molecule has 0 aromatic carbocycles. The number of carbonyl (C=O) groups excluding carboxylic acids is 4. The molecule has 0 aliphatic rings. The van der Waals surface area contributed by atoms with E-state index in [1.807, 2.05) is 0 Å². The number of ketones is 1. The van der Waals surface area contributed by atoms with Gasteiger partial charge < -0.3 is 42.1 Å². The molecule has 0 rings (SSSR count). The van der Waals surface area contributed by atoms with Crippen LogP contribution < -0.4 is 21.7 Å². The molecule has 0 aliphatic carbocycles. The summed E-state index contributed by atoms with van der Waals surface area (Å²) in [7, 11) is 0. The van der Waals surface area contributed by atoms with Gasteiger partial charge in [0.1, 0.15) is 12.1 Å². The van der Waals surface area contributed by atoms with Gasteiger partial charge in [0.2, 0.25) is 17.7 Å². The monoisotopic (exact) mass is 532 g/mol. The Morgan fingerprint density at radius 2 is 0.838 bits per heavy atom. The summed E-state index contributed by atoms with van der Waals surface area (Å²) in [4.78, 5) is 93.2. The summed E-state index contributed by atoms with van der Waals surface area (Å²) in [6.45, 7) is 1.10. The summed E-state index contributed by atoms with van der Waals surface area (Å²) >= 11 is 0. The topological polar surface area (TPSA) is 280 Å². The van der Waals surface area contributed by atoms with E-state index in [0.29, 0.717) is 0 Å². The van der Waals surface area contributed by atoms with E-state index in [2.05, 4.69) is 16.0 Å². The molecule has 37 heavy (non-hydrogen) atoms. The third-order valence-corrected chi connectivity index (χ3v) is 5.02. The van der Waals surface area contributed by atoms with E-state index in [1.54, 1.807) is 0 Å². The lowest BCUT2D eigenvalue weighted by Crippen LogP contribution is -2.57. The summed E-state index contributed by atoms with van der Waals surface area (Å²) in [6, 6.07) is -5.65. The second-order valence-electron chi connectivity index (χ2n) is 8.13. The Balaban J connectivity index is 5.64. The summed E-state index contributed by atoms with van der Waals surface area (Å²) in [5.41, 5.74) is 5.61. The number of nitrogens with two attached hydrogens (primary N) is 1. The van der Waals surface area contributed by atoms with Crippen molar-refractivity contribution in [2.45, 2.75) is 82.5 Å². The van der Waals surface area contributed by atoms with Crippen molar-refractivity contribution in [1.29, 1.82) is 0 Å². The molecule has 0 spiro atoms. The number of Topliss-reactive ketones (excluding diaryl/α,β-unsaturated/α-hetero) is 1. The minimum Gasteiger partial charge on any atom is -0.481 e. The third-order valence-electron chi connectivity index (χ3n) is 5.02. The maximum absolute atomic E-state index is 12.8. The van der Waals surface area contributed by atoms with Gasteiger partial charge in [-0.25, -0.2) is 0 Å². The van der Waals surface area contributed by atoms with Gasteiger partial charge in [-0.3, -0.25) is 38.4 Å². The van der Waals surface area contributed by atoms with Crippen molar-refractivity contribution in [1.82, 2.24) is 16.0 Å². The molecule has 0 aliphatic heterocycles. The van der Waals surface area contributed by atoms with Crippen LogP contribution in [-0.2, 0) is 38.4 Å². The first-order chi connectivity index (χ1) is 17.1. The maximum atomic E-state index is 12.8. The Morgan fingerprint density at radius 3 is 1.19 bits per heavy atom. The summed E-state index contributed by atoms with van der Waals surface area (Å²) in [5.74, 6) is -8.68. The lowest BCUT2D eigenvalue weighted by Gasteiger charge is -2.25. The first-order valence-electron chi connectivity index (χ1n) is 11.2. The van der Waals surface area contributed by atoms with E-state index in [1.165, 1.54) is 0 Å². The molecule has 4 atom stereocenters. The van der Waals surface area contributed by atoms with E-state index < -0.39 is 110 Å². The summed E-state index contributed by atoms with van der Waals surface area (Å²) in [5, 5.41) is 42.1. The molecule has 0 radical (unpaired) electrons. The second kappa shape index (κ2) is 16.6. The molecule has 9 N–H and O–H groups in total. The number of hydrogen-bond acceptors (Lipinski definition) is 9. The van der Waals surface area contributed by atoms with Crippen LogP contribution in [0.1, 0.15) is 58.3 Å². The number of aliphatic carboxylic acids is 4. The van der Waals surface area contributed by atoms with Crippen molar-refractivity contribution >= 4 is 47.4 Å². The quantitative estimate of drug-likeness (QED) is 0.0879. The Bertz CT molecular complexity index is 891. The van der Waals surface area contributed by atoms with Crippen LogP contribution in [0.4, 0.5) is 0 Å². The molecule has 0 bridgehead atoms. The zero-order chi connectivity index (χ0) is 28.7. The van der Waals surface area contributed by atoms with Crippen LogP contribution in [0.25, 0.3) is 0 Å². The first kappa shape index (κ1) is 32.9. The van der Waals surface area contributed by atoms with Crippen LogP contribution >= 0.6 is 0 Å². The minimum absolute atomic E-state index is 0.262. The predicted molar refractivity (Wildman–Crippen MR) is 122 cm³/mol. The number of rotatable bonds is 19. The second-order valence-corrected chi connectivity index (χ2v) is 8.13. The molecule has 0 saturated carbocycles. The van der Waals surface area contributed by atoms with Gasteiger partial charge in [-0.05, 0) is 32.6 Å². The van der Waals surface area contributed by atoms with Gasteiger partial charge >= 0.3 is 23.9 Å². The van der Waals surface area contributed by atoms with Gasteiger partial charge in [-0.1, -0.05) is 0 Å². The Labute approximate surface area is 210 Å². The zero-order valence-corrected chi connectivity index (χ0v) is 20.1. The van der Waals surface area contributed by atoms with E-state index in [9.17, 15) is 38.4 Å². The molecule has 0 saturated heterocycles. The highest BCUT2D eigenvalue weighted by molar-refractivity contribution is 5.95. The molecular weight excluding hydrogens is 500 g/mol. The number of carboxylic acid groups (broad SMARTS) is 4. The Hall–Kier alpha value is -4.08. The first-order valence-corrected chi connectivity index (χ1v) is 11.2. The van der Waals surface area contributed by atoms with Crippen molar-refractivity contribution in [3.8, 4) is 0 Å². The van der Waals surface area contributed by atoms with Gasteiger partial charge in [-0.15, -0.1) is 0 Å². The number of nitrogens with one attached hydrogen (secondary N) is 3. The zero-order valence-electron chi connectivity index (χ0n) is 20.1. The van der Waals surface area contributed by atoms with Crippen LogP contribution in [0.2, 0.25) is 0 Å². The smallest absolute Gasteiger partial charge is 0.303 e. The average Bonchev–Trinajstić information content (AvgIpc) is 2.79. The van der Waals surface area contributed by atoms with Crippen LogP contribution in [0.3, 0.4) is 0 Å². The summed E-state index contributed by atoms with van der Waals surface area (Å²) in [6.07, 6.45) is -3.52. The van der Waals surface area contributed by atoms with E-state index in [0.717, 1.165) is 6.92 Å². The SMILES string of the molecule is CC(=O)C(CCC(=O)O)NC(=O)[C@H](CCC(=O)O)NC(=O)C(CCC(=O)O)NC(=O)[C@@H](N)CCC(=O)O. The molecule has 16 nitrogen and oxygen atoms in total. The number of hydrogen-bond donors (Lipinski definition) is 8. The van der Waals surface area contributed by atoms with Gasteiger partial charge in [0.25, 0.3) is 0 Å². The van der Waals surface area contributed by atoms with Crippen LogP contribution in [0, 0.1) is 0 Å². The molecule has 0 aromatic heterocycles. The molecule has 16 heteroatoms. The predicted octanol–water partition coefficient (Wildman–Crippen LogP) is -2.18. The number of amides is 3. The maximum Gasteiger partial charge on any atom is 0.303 e. The van der Waals surface area contributed by atoms with E-state index in [-0.39, 0.29) is 12.8 Å². The van der Waals surface area contributed by atoms with Crippen molar-refractivity contribution in [3.05, 3.63) is 0 Å². The molecule has 0 aromatic rings. The molecule has 3 amide bonds. The fourth-order valence-corrected chi connectivity index (χ4v) is 2.95.